The molecule has 0 radical (unpaired) electrons. The summed E-state index contributed by atoms with van der Waals surface area (Å²) < 4.78 is 22.9. The highest BCUT2D eigenvalue weighted by Gasteiger charge is 2.26. The van der Waals surface area contributed by atoms with Gasteiger partial charge < -0.3 is 5.32 Å². The van der Waals surface area contributed by atoms with E-state index >= 15 is 0 Å². The number of nitrogens with zero attached hydrogens (tertiary/aromatic N) is 1. The Balaban J connectivity index is 1.75. The van der Waals surface area contributed by atoms with Crippen LogP contribution < -0.4 is 5.32 Å². The minimum atomic E-state index is -2.85. The van der Waals surface area contributed by atoms with E-state index in [0.29, 0.717) is 12.5 Å². The van der Waals surface area contributed by atoms with Gasteiger partial charge in [0.2, 0.25) is 0 Å². The van der Waals surface area contributed by atoms with E-state index in [2.05, 4.69) is 10.3 Å². The highest BCUT2D eigenvalue weighted by molar-refractivity contribution is 7.90. The minimum absolute atomic E-state index is 0.198. The van der Waals surface area contributed by atoms with Crippen LogP contribution in [0.15, 0.2) is 0 Å². The molecule has 1 aromatic heterocycles. The van der Waals surface area contributed by atoms with E-state index in [1.807, 2.05) is 0 Å². The fourth-order valence-electron chi connectivity index (χ4n) is 1.86. The molecule has 4 nitrogen and oxygen atoms in total. The standard InChI is InChI=1S/C10H14N2O2S2/c13-16(14)4-3-8-9(6-16)15-10(12-8)5-11-7-1-2-7/h7,11H,1-6H2. The molecule has 2 aliphatic rings. The van der Waals surface area contributed by atoms with Crippen molar-refractivity contribution in [2.75, 3.05) is 5.75 Å². The molecule has 6 heteroatoms. The van der Waals surface area contributed by atoms with Gasteiger partial charge in [-0.3, -0.25) is 0 Å². The molecule has 88 valence electrons. The average molecular weight is 258 g/mol. The Morgan fingerprint density at radius 3 is 3.00 bits per heavy atom. The zero-order valence-electron chi connectivity index (χ0n) is 8.90. The smallest absolute Gasteiger partial charge is 0.155 e. The van der Waals surface area contributed by atoms with Crippen molar-refractivity contribution >= 4 is 21.2 Å². The summed E-state index contributed by atoms with van der Waals surface area (Å²) in [6.45, 7) is 0.794. The molecule has 0 aromatic carbocycles. The molecule has 0 spiro atoms. The molecule has 0 saturated heterocycles. The Morgan fingerprint density at radius 2 is 2.25 bits per heavy atom. The SMILES string of the molecule is O=S1(=O)CCc2nc(CNC3CC3)sc2C1. The van der Waals surface area contributed by atoms with Gasteiger partial charge in [-0.05, 0) is 12.8 Å². The van der Waals surface area contributed by atoms with Crippen LogP contribution in [0.5, 0.6) is 0 Å². The molecule has 1 aromatic rings. The van der Waals surface area contributed by atoms with E-state index in [1.165, 1.54) is 12.8 Å². The number of aryl methyl sites for hydroxylation is 1. The van der Waals surface area contributed by atoms with E-state index in [1.54, 1.807) is 11.3 Å². The van der Waals surface area contributed by atoms with Gasteiger partial charge in [0, 0.05) is 23.9 Å². The van der Waals surface area contributed by atoms with Gasteiger partial charge in [0.1, 0.15) is 5.01 Å². The summed E-state index contributed by atoms with van der Waals surface area (Å²) >= 11 is 1.55. The molecule has 0 amide bonds. The molecule has 1 aliphatic carbocycles. The number of sulfone groups is 1. The topological polar surface area (TPSA) is 59.1 Å². The van der Waals surface area contributed by atoms with Gasteiger partial charge in [0.15, 0.2) is 9.84 Å². The Morgan fingerprint density at radius 1 is 1.44 bits per heavy atom. The van der Waals surface area contributed by atoms with Gasteiger partial charge in [-0.1, -0.05) is 0 Å². The van der Waals surface area contributed by atoms with E-state index in [-0.39, 0.29) is 11.5 Å². The van der Waals surface area contributed by atoms with Crippen LogP contribution in [-0.4, -0.2) is 25.2 Å². The Hall–Kier alpha value is -0.460. The molecule has 1 saturated carbocycles. The fourth-order valence-corrected chi connectivity index (χ4v) is 4.71. The quantitative estimate of drug-likeness (QED) is 0.874. The van der Waals surface area contributed by atoms with Crippen LogP contribution in [0, 0.1) is 0 Å². The van der Waals surface area contributed by atoms with Crippen LogP contribution in [-0.2, 0) is 28.6 Å². The van der Waals surface area contributed by atoms with Gasteiger partial charge in [-0.15, -0.1) is 11.3 Å². The molecule has 2 heterocycles. The number of fused-ring (bicyclic) bond motifs is 1. The second-order valence-corrected chi connectivity index (χ2v) is 7.83. The molecule has 0 unspecified atom stereocenters. The van der Waals surface area contributed by atoms with E-state index < -0.39 is 9.84 Å². The van der Waals surface area contributed by atoms with Gasteiger partial charge >= 0.3 is 0 Å². The number of hydrogen-bond donors (Lipinski definition) is 1. The van der Waals surface area contributed by atoms with Crippen LogP contribution in [0.4, 0.5) is 0 Å². The van der Waals surface area contributed by atoms with Crippen molar-refractivity contribution in [2.45, 2.75) is 37.6 Å². The summed E-state index contributed by atoms with van der Waals surface area (Å²) in [6, 6.07) is 0.671. The first-order valence-corrected chi connectivity index (χ1v) is 8.17. The molecule has 16 heavy (non-hydrogen) atoms. The first-order valence-electron chi connectivity index (χ1n) is 5.54. The minimum Gasteiger partial charge on any atom is -0.308 e. The Kier molecular flexibility index (Phi) is 2.53. The third kappa shape index (κ3) is 2.28. The van der Waals surface area contributed by atoms with Crippen molar-refractivity contribution in [2.24, 2.45) is 0 Å². The third-order valence-electron chi connectivity index (χ3n) is 2.94. The Bertz CT molecular complexity index is 503. The predicted octanol–water partition coefficient (Wildman–Crippen LogP) is 0.866. The van der Waals surface area contributed by atoms with Crippen LogP contribution in [0.25, 0.3) is 0 Å². The monoisotopic (exact) mass is 258 g/mol. The molecule has 1 aliphatic heterocycles. The first kappa shape index (κ1) is 10.7. The van der Waals surface area contributed by atoms with Crippen molar-refractivity contribution in [3.63, 3.8) is 0 Å². The van der Waals surface area contributed by atoms with Crippen molar-refractivity contribution in [1.82, 2.24) is 10.3 Å². The normalized spacial score (nSPS) is 23.0. The van der Waals surface area contributed by atoms with Gasteiger partial charge in [0.25, 0.3) is 0 Å². The highest BCUT2D eigenvalue weighted by Crippen LogP contribution is 2.27. The number of nitrogens with one attached hydrogen (secondary N) is 1. The molecular formula is C10H14N2O2S2. The third-order valence-corrected chi connectivity index (χ3v) is 5.78. The lowest BCUT2D eigenvalue weighted by atomic mass is 10.3. The maximum atomic E-state index is 11.5. The van der Waals surface area contributed by atoms with Crippen LogP contribution in [0.2, 0.25) is 0 Å². The summed E-state index contributed by atoms with van der Waals surface area (Å²) in [4.78, 5) is 5.46. The zero-order chi connectivity index (χ0) is 11.2. The Labute approximate surface area is 99.0 Å². The molecular weight excluding hydrogens is 244 g/mol. The molecule has 1 N–H and O–H groups in total. The average Bonchev–Trinajstić information content (AvgIpc) is 2.95. The van der Waals surface area contributed by atoms with Gasteiger partial charge in [-0.25, -0.2) is 13.4 Å². The zero-order valence-corrected chi connectivity index (χ0v) is 10.5. The van der Waals surface area contributed by atoms with Gasteiger partial charge in [0.05, 0.1) is 17.2 Å². The largest absolute Gasteiger partial charge is 0.308 e. The second-order valence-electron chi connectivity index (χ2n) is 4.47. The van der Waals surface area contributed by atoms with E-state index in [9.17, 15) is 8.42 Å². The molecule has 0 bridgehead atoms. The highest BCUT2D eigenvalue weighted by atomic mass is 32.2. The number of rotatable bonds is 3. The van der Waals surface area contributed by atoms with Crippen molar-refractivity contribution in [3.8, 4) is 0 Å². The fraction of sp³-hybridized carbons (Fsp3) is 0.700. The maximum Gasteiger partial charge on any atom is 0.155 e. The summed E-state index contributed by atoms with van der Waals surface area (Å²) in [7, 11) is -2.85. The van der Waals surface area contributed by atoms with Crippen molar-refractivity contribution in [3.05, 3.63) is 15.6 Å². The number of hydrogen-bond acceptors (Lipinski definition) is 5. The lowest BCUT2D eigenvalue weighted by molar-refractivity contribution is 0.591. The molecule has 1 fully saturated rings. The van der Waals surface area contributed by atoms with Crippen LogP contribution in [0.1, 0.15) is 28.4 Å². The summed E-state index contributed by atoms with van der Waals surface area (Å²) in [6.07, 6.45) is 3.12. The van der Waals surface area contributed by atoms with Crippen LogP contribution in [0.3, 0.4) is 0 Å². The first-order chi connectivity index (χ1) is 7.62. The van der Waals surface area contributed by atoms with Crippen molar-refractivity contribution < 1.29 is 8.42 Å². The summed E-state index contributed by atoms with van der Waals surface area (Å²) in [5.74, 6) is 0.461. The van der Waals surface area contributed by atoms with Crippen LogP contribution >= 0.6 is 11.3 Å². The summed E-state index contributed by atoms with van der Waals surface area (Å²) in [5, 5.41) is 4.44. The number of thiazole rings is 1. The summed E-state index contributed by atoms with van der Waals surface area (Å²) in [5.41, 5.74) is 1.01. The van der Waals surface area contributed by atoms with Gasteiger partial charge in [-0.2, -0.15) is 0 Å². The molecule has 3 rings (SSSR count). The predicted molar refractivity (Wildman–Crippen MR) is 63.2 cm³/mol. The van der Waals surface area contributed by atoms with Crippen molar-refractivity contribution in [1.29, 1.82) is 0 Å². The van der Waals surface area contributed by atoms with E-state index in [0.717, 1.165) is 22.1 Å². The molecule has 0 atom stereocenters. The maximum absolute atomic E-state index is 11.5. The lowest BCUT2D eigenvalue weighted by Gasteiger charge is -2.09. The lowest BCUT2D eigenvalue weighted by Crippen LogP contribution is -2.17. The number of aromatic nitrogens is 1. The second kappa shape index (κ2) is 3.78. The van der Waals surface area contributed by atoms with E-state index in [4.69, 9.17) is 0 Å².